The Kier molecular flexibility index (Phi) is 5.87. The lowest BCUT2D eigenvalue weighted by Gasteiger charge is -2.32. The summed E-state index contributed by atoms with van der Waals surface area (Å²) in [5.41, 5.74) is 0. The van der Waals surface area contributed by atoms with Crippen molar-refractivity contribution in [1.29, 1.82) is 0 Å². The van der Waals surface area contributed by atoms with Gasteiger partial charge in [-0.2, -0.15) is 13.2 Å². The lowest BCUT2D eigenvalue weighted by molar-refractivity contribution is -0.454. The first-order valence-corrected chi connectivity index (χ1v) is 5.27. The SMILES string of the molecule is CC(=O)OC(OCCC(C)(F)F)(OC(C)=O)C(F)(F)F. The molecule has 0 atom stereocenters. The van der Waals surface area contributed by atoms with Crippen LogP contribution < -0.4 is 0 Å². The van der Waals surface area contributed by atoms with E-state index in [1.165, 1.54) is 0 Å². The number of alkyl halides is 5. The van der Waals surface area contributed by atoms with Gasteiger partial charge in [-0.15, -0.1) is 0 Å². The summed E-state index contributed by atoms with van der Waals surface area (Å²) in [4.78, 5) is 21.4. The molecule has 20 heavy (non-hydrogen) atoms. The molecule has 0 aliphatic rings. The molecule has 118 valence electrons. The summed E-state index contributed by atoms with van der Waals surface area (Å²) in [6.45, 7) is 0.538. The lowest BCUT2D eigenvalue weighted by Crippen LogP contribution is -2.54. The number of hydrogen-bond donors (Lipinski definition) is 0. The average Bonchev–Trinajstić information content (AvgIpc) is 2.10. The van der Waals surface area contributed by atoms with E-state index in [1.54, 1.807) is 0 Å². The molecule has 0 heterocycles. The Labute approximate surface area is 111 Å². The number of carbonyl (C=O) groups excluding carboxylic acids is 2. The fourth-order valence-electron chi connectivity index (χ4n) is 1.02. The molecule has 0 fully saturated rings. The van der Waals surface area contributed by atoms with Crippen molar-refractivity contribution in [3.05, 3.63) is 0 Å². The predicted molar refractivity (Wildman–Crippen MR) is 53.5 cm³/mol. The normalized spacial score (nSPS) is 13.0. The minimum absolute atomic E-state index is 0.462. The van der Waals surface area contributed by atoms with Gasteiger partial charge in [0.25, 0.3) is 0 Å². The van der Waals surface area contributed by atoms with Crippen LogP contribution in [0.1, 0.15) is 27.2 Å². The Morgan fingerprint density at radius 2 is 1.35 bits per heavy atom. The van der Waals surface area contributed by atoms with Crippen molar-refractivity contribution in [1.82, 2.24) is 0 Å². The predicted octanol–water partition coefficient (Wildman–Crippen LogP) is 2.39. The average molecular weight is 308 g/mol. The van der Waals surface area contributed by atoms with Crippen LogP contribution in [0.4, 0.5) is 22.0 Å². The maximum Gasteiger partial charge on any atom is 0.500 e. The molecule has 5 nitrogen and oxygen atoms in total. The second-order valence-electron chi connectivity index (χ2n) is 3.91. The molecule has 0 bridgehead atoms. The van der Waals surface area contributed by atoms with Gasteiger partial charge in [0.1, 0.15) is 0 Å². The molecule has 10 heteroatoms. The van der Waals surface area contributed by atoms with Gasteiger partial charge in [0.05, 0.1) is 6.61 Å². The summed E-state index contributed by atoms with van der Waals surface area (Å²) >= 11 is 0. The van der Waals surface area contributed by atoms with E-state index in [-0.39, 0.29) is 0 Å². The minimum Gasteiger partial charge on any atom is -0.391 e. The van der Waals surface area contributed by atoms with Crippen molar-refractivity contribution >= 4 is 11.9 Å². The zero-order valence-electron chi connectivity index (χ0n) is 10.8. The van der Waals surface area contributed by atoms with Gasteiger partial charge in [-0.3, -0.25) is 14.3 Å². The molecule has 0 radical (unpaired) electrons. The molecule has 0 aliphatic carbocycles. The first kappa shape index (κ1) is 18.6. The van der Waals surface area contributed by atoms with Crippen LogP contribution in [0.2, 0.25) is 0 Å². The lowest BCUT2D eigenvalue weighted by atomic mass is 10.3. The first-order chi connectivity index (χ1) is 8.79. The van der Waals surface area contributed by atoms with Gasteiger partial charge >= 0.3 is 24.1 Å². The third kappa shape index (κ3) is 6.13. The molecular weight excluding hydrogens is 295 g/mol. The Bertz CT molecular complexity index is 344. The van der Waals surface area contributed by atoms with Crippen LogP contribution in [-0.4, -0.2) is 36.6 Å². The summed E-state index contributed by atoms with van der Waals surface area (Å²) in [6.07, 6.45) is -6.54. The van der Waals surface area contributed by atoms with Crippen molar-refractivity contribution in [2.45, 2.75) is 45.3 Å². The van der Waals surface area contributed by atoms with Crippen LogP contribution in [0.5, 0.6) is 0 Å². The van der Waals surface area contributed by atoms with Crippen LogP contribution in [0.15, 0.2) is 0 Å². The van der Waals surface area contributed by atoms with Crippen LogP contribution in [-0.2, 0) is 23.8 Å². The molecule has 0 aromatic rings. The molecule has 0 amide bonds. The maximum absolute atomic E-state index is 12.8. The fraction of sp³-hybridized carbons (Fsp3) is 0.800. The number of carbonyl (C=O) groups is 2. The third-order valence-corrected chi connectivity index (χ3v) is 1.74. The van der Waals surface area contributed by atoms with E-state index < -0.39 is 43.0 Å². The highest BCUT2D eigenvalue weighted by Gasteiger charge is 2.64. The van der Waals surface area contributed by atoms with Crippen molar-refractivity contribution in [2.75, 3.05) is 6.61 Å². The summed E-state index contributed by atoms with van der Waals surface area (Å²) < 4.78 is 75.4. The van der Waals surface area contributed by atoms with Gasteiger partial charge in [0.2, 0.25) is 5.92 Å². The number of esters is 2. The van der Waals surface area contributed by atoms with Crippen LogP contribution in [0, 0.1) is 0 Å². The monoisotopic (exact) mass is 308 g/mol. The van der Waals surface area contributed by atoms with Gasteiger partial charge in [0.15, 0.2) is 0 Å². The molecular formula is C10H13F5O5. The highest BCUT2D eigenvalue weighted by atomic mass is 19.4. The van der Waals surface area contributed by atoms with Crippen LogP contribution in [0.3, 0.4) is 0 Å². The standard InChI is InChI=1S/C10H13F5O5/c1-6(16)19-10(9(13,14)15,20-7(2)17)18-5-4-8(3,11)12/h4-5H2,1-3H3. The van der Waals surface area contributed by atoms with Crippen LogP contribution >= 0.6 is 0 Å². The summed E-state index contributed by atoms with van der Waals surface area (Å²) in [5.74, 6) is -10.3. The van der Waals surface area contributed by atoms with Crippen LogP contribution in [0.25, 0.3) is 0 Å². The topological polar surface area (TPSA) is 61.8 Å². The zero-order valence-corrected chi connectivity index (χ0v) is 10.8. The van der Waals surface area contributed by atoms with Gasteiger partial charge in [-0.05, 0) is 6.92 Å². The van der Waals surface area contributed by atoms with E-state index >= 15 is 0 Å². The smallest absolute Gasteiger partial charge is 0.391 e. The second-order valence-corrected chi connectivity index (χ2v) is 3.91. The molecule has 0 rings (SSSR count). The molecule has 0 aromatic heterocycles. The molecule has 0 N–H and O–H groups in total. The highest BCUT2D eigenvalue weighted by molar-refractivity contribution is 5.68. The van der Waals surface area contributed by atoms with E-state index in [0.717, 1.165) is 0 Å². The second kappa shape index (κ2) is 6.33. The number of hydrogen-bond acceptors (Lipinski definition) is 5. The summed E-state index contributed by atoms with van der Waals surface area (Å²) in [5, 5.41) is 0. The van der Waals surface area contributed by atoms with Crippen molar-refractivity contribution in [3.8, 4) is 0 Å². The Morgan fingerprint density at radius 3 is 1.60 bits per heavy atom. The zero-order chi connectivity index (χ0) is 16.2. The summed E-state index contributed by atoms with van der Waals surface area (Å²) in [6, 6.07) is 0. The van der Waals surface area contributed by atoms with Crippen molar-refractivity contribution in [2.24, 2.45) is 0 Å². The van der Waals surface area contributed by atoms with Gasteiger partial charge in [-0.25, -0.2) is 8.78 Å². The van der Waals surface area contributed by atoms with E-state index in [4.69, 9.17) is 0 Å². The Morgan fingerprint density at radius 1 is 0.950 bits per heavy atom. The summed E-state index contributed by atoms with van der Waals surface area (Å²) in [7, 11) is 0. The van der Waals surface area contributed by atoms with Gasteiger partial charge < -0.3 is 9.47 Å². The van der Waals surface area contributed by atoms with E-state index in [2.05, 4.69) is 14.2 Å². The Balaban J connectivity index is 5.18. The largest absolute Gasteiger partial charge is 0.500 e. The molecule has 0 saturated carbocycles. The van der Waals surface area contributed by atoms with Crippen molar-refractivity contribution < 1.29 is 45.8 Å². The van der Waals surface area contributed by atoms with E-state index in [9.17, 15) is 31.5 Å². The molecule has 0 aliphatic heterocycles. The number of rotatable bonds is 6. The Hall–Kier alpha value is -1.45. The molecule has 0 aromatic carbocycles. The number of ether oxygens (including phenoxy) is 3. The maximum atomic E-state index is 12.8. The fourth-order valence-corrected chi connectivity index (χ4v) is 1.02. The quantitative estimate of drug-likeness (QED) is 0.428. The highest BCUT2D eigenvalue weighted by Crippen LogP contribution is 2.37. The molecule has 0 unspecified atom stereocenters. The van der Waals surface area contributed by atoms with Gasteiger partial charge in [0, 0.05) is 20.3 Å². The number of halogens is 5. The third-order valence-electron chi connectivity index (χ3n) is 1.74. The minimum atomic E-state index is -5.45. The molecule has 0 spiro atoms. The van der Waals surface area contributed by atoms with Crippen molar-refractivity contribution in [3.63, 3.8) is 0 Å². The molecule has 0 saturated heterocycles. The first-order valence-electron chi connectivity index (χ1n) is 5.27. The van der Waals surface area contributed by atoms with E-state index in [0.29, 0.717) is 20.8 Å². The van der Waals surface area contributed by atoms with E-state index in [1.807, 2.05) is 0 Å². The van der Waals surface area contributed by atoms with Gasteiger partial charge in [-0.1, -0.05) is 0 Å².